The normalized spacial score (nSPS) is 14.7. The van der Waals surface area contributed by atoms with Crippen LogP contribution in [0.2, 0.25) is 0 Å². The molecule has 0 heterocycles. The van der Waals surface area contributed by atoms with Gasteiger partial charge in [0, 0.05) is 19.2 Å². The maximum atomic E-state index is 12.6. The molecule has 0 aromatic heterocycles. The van der Waals surface area contributed by atoms with Gasteiger partial charge in [-0.3, -0.25) is 19.4 Å². The largest absolute Gasteiger partial charge is 0.480 e. The molecular formula is C12H17N2O8P. The summed E-state index contributed by atoms with van der Waals surface area (Å²) >= 11 is 0. The molecule has 0 fully saturated rings. The smallest absolute Gasteiger partial charge is 0.459 e. The van der Waals surface area contributed by atoms with Gasteiger partial charge in [0.2, 0.25) is 0 Å². The first-order valence-corrected chi connectivity index (χ1v) is 8.00. The van der Waals surface area contributed by atoms with Gasteiger partial charge in [0.1, 0.15) is 11.8 Å². The molecule has 10 nitrogen and oxygen atoms in total. The minimum atomic E-state index is -4.00. The Morgan fingerprint density at radius 1 is 1.39 bits per heavy atom. The average Bonchev–Trinajstić information content (AvgIpc) is 2.47. The molecule has 0 saturated carbocycles. The lowest BCUT2D eigenvalue weighted by Crippen LogP contribution is -2.33. The van der Waals surface area contributed by atoms with Crippen LogP contribution in [0.5, 0.6) is 5.75 Å². The molecule has 0 aliphatic heterocycles. The zero-order chi connectivity index (χ0) is 17.5. The number of nitro groups is 1. The summed E-state index contributed by atoms with van der Waals surface area (Å²) in [5.74, 6) is -1.21. The molecule has 11 heteroatoms. The fraction of sp³-hybridized carbons (Fsp3) is 0.417. The number of rotatable bonds is 10. The second-order valence-electron chi connectivity index (χ2n) is 4.35. The van der Waals surface area contributed by atoms with Crippen molar-refractivity contribution in [1.29, 1.82) is 0 Å². The van der Waals surface area contributed by atoms with E-state index in [0.717, 1.165) is 12.1 Å². The van der Waals surface area contributed by atoms with E-state index in [9.17, 15) is 19.5 Å². The van der Waals surface area contributed by atoms with E-state index in [1.54, 1.807) is 0 Å². The molecule has 1 unspecified atom stereocenters. The van der Waals surface area contributed by atoms with Crippen LogP contribution in [0.15, 0.2) is 24.3 Å². The predicted octanol–water partition coefficient (Wildman–Crippen LogP) is 1.81. The molecule has 0 spiro atoms. The molecule has 0 amide bonds. The first-order valence-electron chi connectivity index (χ1n) is 6.45. The fourth-order valence-electron chi connectivity index (χ4n) is 1.39. The number of aliphatic carboxylic acids is 1. The minimum Gasteiger partial charge on any atom is -0.480 e. The van der Waals surface area contributed by atoms with Gasteiger partial charge in [-0.25, -0.2) is 4.57 Å². The van der Waals surface area contributed by atoms with Gasteiger partial charge in [-0.15, -0.1) is 0 Å². The Hall–Kier alpha value is -2.00. The third-order valence-electron chi connectivity index (χ3n) is 2.54. The van der Waals surface area contributed by atoms with Crippen LogP contribution >= 0.6 is 7.75 Å². The van der Waals surface area contributed by atoms with E-state index < -0.39 is 24.7 Å². The topological polar surface area (TPSA) is 137 Å². The third-order valence-corrected chi connectivity index (χ3v) is 4.22. The summed E-state index contributed by atoms with van der Waals surface area (Å²) in [4.78, 5) is 20.9. The number of nitro benzene ring substituents is 1. The molecule has 0 aliphatic carbocycles. The summed E-state index contributed by atoms with van der Waals surface area (Å²) in [7, 11) is -2.59. The SMILES string of the molecule is COCCOP(=O)(N[C@@H](C)C(=O)O)Oc1ccc([N+](=O)[O-])cc1. The van der Waals surface area contributed by atoms with Gasteiger partial charge in [0.25, 0.3) is 5.69 Å². The number of hydrogen-bond acceptors (Lipinski definition) is 7. The number of nitrogens with zero attached hydrogens (tertiary/aromatic N) is 1. The molecule has 23 heavy (non-hydrogen) atoms. The number of hydrogen-bond donors (Lipinski definition) is 2. The lowest BCUT2D eigenvalue weighted by atomic mass is 10.3. The molecule has 1 aromatic rings. The molecule has 1 aromatic carbocycles. The van der Waals surface area contributed by atoms with Crippen LogP contribution in [0.4, 0.5) is 5.69 Å². The summed E-state index contributed by atoms with van der Waals surface area (Å²) in [5, 5.41) is 21.7. The van der Waals surface area contributed by atoms with Gasteiger partial charge in [0.15, 0.2) is 0 Å². The Kier molecular flexibility index (Phi) is 7.11. The van der Waals surface area contributed by atoms with E-state index in [1.807, 2.05) is 0 Å². The Morgan fingerprint density at radius 3 is 2.48 bits per heavy atom. The number of non-ortho nitro benzene ring substituents is 1. The number of benzene rings is 1. The zero-order valence-electron chi connectivity index (χ0n) is 12.5. The van der Waals surface area contributed by atoms with Crippen LogP contribution in [-0.4, -0.2) is 42.4 Å². The van der Waals surface area contributed by atoms with Crippen molar-refractivity contribution in [2.24, 2.45) is 0 Å². The standard InChI is InChI=1S/C12H17N2O8P/c1-9(12(15)16)13-23(19,21-8-7-20-2)22-11-5-3-10(4-6-11)14(17)18/h3-6,9H,7-8H2,1-2H3,(H,13,19)(H,15,16)/t9-,23?/m0/s1. The van der Waals surface area contributed by atoms with Gasteiger partial charge in [-0.1, -0.05) is 0 Å². The molecule has 2 N–H and O–H groups in total. The number of carboxylic acids is 1. The van der Waals surface area contributed by atoms with E-state index in [2.05, 4.69) is 5.09 Å². The number of ether oxygens (including phenoxy) is 1. The highest BCUT2D eigenvalue weighted by atomic mass is 31.2. The second-order valence-corrected chi connectivity index (χ2v) is 6.05. The summed E-state index contributed by atoms with van der Waals surface area (Å²) in [5.41, 5.74) is -0.167. The highest BCUT2D eigenvalue weighted by Gasteiger charge is 2.31. The Balaban J connectivity index is 2.88. The fourth-order valence-corrected chi connectivity index (χ4v) is 2.87. The van der Waals surface area contributed by atoms with Gasteiger partial charge < -0.3 is 14.4 Å². The van der Waals surface area contributed by atoms with Crippen molar-refractivity contribution in [2.45, 2.75) is 13.0 Å². The lowest BCUT2D eigenvalue weighted by Gasteiger charge is -2.21. The molecule has 0 bridgehead atoms. The van der Waals surface area contributed by atoms with Crippen molar-refractivity contribution < 1.29 is 33.2 Å². The second kappa shape index (κ2) is 8.59. The highest BCUT2D eigenvalue weighted by Crippen LogP contribution is 2.44. The number of methoxy groups -OCH3 is 1. The Bertz CT molecular complexity index is 591. The van der Waals surface area contributed by atoms with Crippen molar-refractivity contribution in [3.8, 4) is 5.75 Å². The van der Waals surface area contributed by atoms with Gasteiger partial charge in [-0.2, -0.15) is 5.09 Å². The molecule has 0 aliphatic rings. The van der Waals surface area contributed by atoms with Crippen LogP contribution in [0.25, 0.3) is 0 Å². The van der Waals surface area contributed by atoms with Crippen molar-refractivity contribution in [3.63, 3.8) is 0 Å². The zero-order valence-corrected chi connectivity index (χ0v) is 13.4. The summed E-state index contributed by atoms with van der Waals surface area (Å²) < 4.78 is 27.6. The number of carbonyl (C=O) groups is 1. The predicted molar refractivity (Wildman–Crippen MR) is 79.4 cm³/mol. The highest BCUT2D eigenvalue weighted by molar-refractivity contribution is 7.52. The van der Waals surface area contributed by atoms with E-state index >= 15 is 0 Å². The summed E-state index contributed by atoms with van der Waals surface area (Å²) in [6.07, 6.45) is 0. The third kappa shape index (κ3) is 6.33. The van der Waals surface area contributed by atoms with E-state index in [-0.39, 0.29) is 24.7 Å². The molecule has 0 saturated heterocycles. The number of nitrogens with one attached hydrogen (secondary N) is 1. The molecule has 1 rings (SSSR count). The molecule has 2 atom stereocenters. The van der Waals surface area contributed by atoms with Gasteiger partial charge in [-0.05, 0) is 19.1 Å². The Labute approximate surface area is 132 Å². The van der Waals surface area contributed by atoms with Crippen LogP contribution in [0, 0.1) is 10.1 Å². The van der Waals surface area contributed by atoms with E-state index in [1.165, 1.54) is 26.2 Å². The van der Waals surface area contributed by atoms with Gasteiger partial charge in [0.05, 0.1) is 18.1 Å². The average molecular weight is 348 g/mol. The summed E-state index contributed by atoms with van der Waals surface area (Å²) in [6.45, 7) is 1.30. The molecular weight excluding hydrogens is 331 g/mol. The van der Waals surface area contributed by atoms with Crippen LogP contribution in [-0.2, 0) is 18.6 Å². The van der Waals surface area contributed by atoms with Crippen LogP contribution in [0.1, 0.15) is 6.92 Å². The molecule has 128 valence electrons. The monoisotopic (exact) mass is 348 g/mol. The number of carboxylic acid groups (broad SMARTS) is 1. The molecule has 0 radical (unpaired) electrons. The maximum Gasteiger partial charge on any atom is 0.459 e. The quantitative estimate of drug-likeness (QED) is 0.280. The van der Waals surface area contributed by atoms with E-state index in [0.29, 0.717) is 0 Å². The van der Waals surface area contributed by atoms with Gasteiger partial charge >= 0.3 is 13.7 Å². The van der Waals surface area contributed by atoms with E-state index in [4.69, 9.17) is 18.9 Å². The van der Waals surface area contributed by atoms with Crippen molar-refractivity contribution >= 4 is 19.4 Å². The lowest BCUT2D eigenvalue weighted by molar-refractivity contribution is -0.384. The van der Waals surface area contributed by atoms with Crippen molar-refractivity contribution in [1.82, 2.24) is 5.09 Å². The van der Waals surface area contributed by atoms with Crippen molar-refractivity contribution in [2.75, 3.05) is 20.3 Å². The van der Waals surface area contributed by atoms with Crippen LogP contribution < -0.4 is 9.61 Å². The van der Waals surface area contributed by atoms with Crippen LogP contribution in [0.3, 0.4) is 0 Å². The minimum absolute atomic E-state index is 0.0291. The Morgan fingerprint density at radius 2 is 2.00 bits per heavy atom. The van der Waals surface area contributed by atoms with Crippen molar-refractivity contribution in [3.05, 3.63) is 34.4 Å². The first-order chi connectivity index (χ1) is 10.8. The first kappa shape index (κ1) is 19.0. The maximum absolute atomic E-state index is 12.6. The summed E-state index contributed by atoms with van der Waals surface area (Å²) in [6, 6.07) is 3.60.